The summed E-state index contributed by atoms with van der Waals surface area (Å²) in [5.74, 6) is 0.160. The van der Waals surface area contributed by atoms with Gasteiger partial charge >= 0.3 is 0 Å². The molecule has 0 bridgehead atoms. The van der Waals surface area contributed by atoms with Crippen molar-refractivity contribution in [3.63, 3.8) is 0 Å². The van der Waals surface area contributed by atoms with Crippen LogP contribution < -0.4 is 0 Å². The zero-order valence-electron chi connectivity index (χ0n) is 13.8. The highest BCUT2D eigenvalue weighted by Gasteiger charge is 2.30. The summed E-state index contributed by atoms with van der Waals surface area (Å²) in [7, 11) is 3.89. The van der Waals surface area contributed by atoms with Crippen LogP contribution in [0.4, 0.5) is 0 Å². The van der Waals surface area contributed by atoms with E-state index in [1.54, 1.807) is 6.92 Å². The maximum absolute atomic E-state index is 12.9. The van der Waals surface area contributed by atoms with Gasteiger partial charge in [0.2, 0.25) is 5.91 Å². The van der Waals surface area contributed by atoms with Crippen molar-refractivity contribution in [3.8, 4) is 0 Å². The van der Waals surface area contributed by atoms with Crippen molar-refractivity contribution in [2.75, 3.05) is 46.8 Å². The van der Waals surface area contributed by atoms with Gasteiger partial charge in [-0.3, -0.25) is 14.6 Å². The number of carbonyl (C=O) groups is 1. The third kappa shape index (κ3) is 4.29. The Kier molecular flexibility index (Phi) is 5.94. The minimum absolute atomic E-state index is 0.160. The zero-order chi connectivity index (χ0) is 16.1. The Bertz CT molecular complexity index is 468. The second-order valence-corrected chi connectivity index (χ2v) is 6.25. The Morgan fingerprint density at radius 3 is 2.27 bits per heavy atom. The van der Waals surface area contributed by atoms with Crippen LogP contribution in [0.25, 0.3) is 0 Å². The van der Waals surface area contributed by atoms with Gasteiger partial charge < -0.3 is 10.0 Å². The Morgan fingerprint density at radius 2 is 1.77 bits per heavy atom. The fourth-order valence-corrected chi connectivity index (χ4v) is 2.99. The van der Waals surface area contributed by atoms with Crippen molar-refractivity contribution in [3.05, 3.63) is 35.9 Å². The molecular formula is C17H27N3O2. The highest BCUT2D eigenvalue weighted by molar-refractivity contribution is 5.83. The highest BCUT2D eigenvalue weighted by atomic mass is 16.3. The first kappa shape index (κ1) is 16.9. The number of piperazine rings is 1. The topological polar surface area (TPSA) is 47.0 Å². The Labute approximate surface area is 133 Å². The van der Waals surface area contributed by atoms with Crippen LogP contribution in [-0.2, 0) is 4.79 Å². The molecule has 0 saturated carbocycles. The molecule has 0 spiro atoms. The molecule has 0 aliphatic carbocycles. The van der Waals surface area contributed by atoms with Crippen molar-refractivity contribution in [2.45, 2.75) is 19.1 Å². The predicted molar refractivity (Wildman–Crippen MR) is 87.6 cm³/mol. The smallest absolute Gasteiger partial charge is 0.244 e. The summed E-state index contributed by atoms with van der Waals surface area (Å²) in [6, 6.07) is 9.69. The van der Waals surface area contributed by atoms with Gasteiger partial charge in [0.15, 0.2) is 0 Å². The summed E-state index contributed by atoms with van der Waals surface area (Å²) in [6.07, 6.45) is -0.318. The summed E-state index contributed by atoms with van der Waals surface area (Å²) < 4.78 is 0. The number of likely N-dealkylation sites (N-methyl/N-ethyl adjacent to an activating group) is 1. The van der Waals surface area contributed by atoms with Crippen LogP contribution >= 0.6 is 0 Å². The molecule has 1 N–H and O–H groups in total. The Hall–Kier alpha value is -1.43. The molecule has 22 heavy (non-hydrogen) atoms. The fourth-order valence-electron chi connectivity index (χ4n) is 2.99. The molecule has 1 aliphatic rings. The molecule has 1 aromatic rings. The number of hydrogen-bond acceptors (Lipinski definition) is 4. The van der Waals surface area contributed by atoms with Gasteiger partial charge in [0.1, 0.15) is 6.04 Å². The Morgan fingerprint density at radius 1 is 1.18 bits per heavy atom. The number of aliphatic hydroxyl groups excluding tert-OH is 1. The van der Waals surface area contributed by atoms with Gasteiger partial charge in [-0.2, -0.15) is 0 Å². The van der Waals surface area contributed by atoms with E-state index in [9.17, 15) is 9.90 Å². The van der Waals surface area contributed by atoms with E-state index in [2.05, 4.69) is 4.90 Å². The van der Waals surface area contributed by atoms with Crippen LogP contribution in [0.3, 0.4) is 0 Å². The largest absolute Gasteiger partial charge is 0.392 e. The lowest BCUT2D eigenvalue weighted by Crippen LogP contribution is -2.52. The lowest BCUT2D eigenvalue weighted by Gasteiger charge is -2.38. The van der Waals surface area contributed by atoms with Crippen LogP contribution in [0.1, 0.15) is 18.5 Å². The number of rotatable bonds is 5. The number of carbonyl (C=O) groups excluding carboxylic acids is 1. The fraction of sp³-hybridized carbons (Fsp3) is 0.588. The van der Waals surface area contributed by atoms with Crippen molar-refractivity contribution < 1.29 is 9.90 Å². The quantitative estimate of drug-likeness (QED) is 0.875. The van der Waals surface area contributed by atoms with Crippen molar-refractivity contribution in [2.24, 2.45) is 0 Å². The van der Waals surface area contributed by atoms with Gasteiger partial charge in [-0.25, -0.2) is 0 Å². The molecule has 5 nitrogen and oxygen atoms in total. The third-order valence-electron chi connectivity index (χ3n) is 4.07. The van der Waals surface area contributed by atoms with Gasteiger partial charge in [-0.1, -0.05) is 30.3 Å². The van der Waals surface area contributed by atoms with Crippen LogP contribution in [-0.4, -0.2) is 78.6 Å². The number of β-amino-alcohol motifs (C(OH)–C–C–N with tert-alkyl or cyclic N) is 1. The predicted octanol–water partition coefficient (Wildman–Crippen LogP) is 0.814. The first-order valence-electron chi connectivity index (χ1n) is 7.89. The third-order valence-corrected chi connectivity index (χ3v) is 4.07. The van der Waals surface area contributed by atoms with E-state index in [4.69, 9.17) is 0 Å². The van der Waals surface area contributed by atoms with Crippen LogP contribution in [0.15, 0.2) is 30.3 Å². The van der Waals surface area contributed by atoms with Crippen LogP contribution in [0.5, 0.6) is 0 Å². The monoisotopic (exact) mass is 305 g/mol. The highest BCUT2D eigenvalue weighted by Crippen LogP contribution is 2.21. The number of amides is 1. The molecule has 1 saturated heterocycles. The van der Waals surface area contributed by atoms with E-state index in [1.807, 2.05) is 54.2 Å². The molecule has 1 fully saturated rings. The van der Waals surface area contributed by atoms with Crippen LogP contribution in [0.2, 0.25) is 0 Å². The van der Waals surface area contributed by atoms with Gasteiger partial charge in [-0.15, -0.1) is 0 Å². The molecule has 1 amide bonds. The minimum Gasteiger partial charge on any atom is -0.392 e. The maximum atomic E-state index is 12.9. The van der Waals surface area contributed by atoms with Gasteiger partial charge in [0.05, 0.1) is 6.10 Å². The number of aliphatic hydroxyl groups is 1. The molecule has 0 radical (unpaired) electrons. The van der Waals surface area contributed by atoms with E-state index in [-0.39, 0.29) is 18.1 Å². The molecule has 122 valence electrons. The van der Waals surface area contributed by atoms with Gasteiger partial charge in [0, 0.05) is 32.7 Å². The van der Waals surface area contributed by atoms with E-state index >= 15 is 0 Å². The van der Waals surface area contributed by atoms with Crippen LogP contribution in [0, 0.1) is 0 Å². The standard InChI is InChI=1S/C17H27N3O2/c1-14(21)13-19-9-11-20(12-10-19)17(22)16(18(2)3)15-7-5-4-6-8-15/h4-8,14,16,21H,9-13H2,1-3H3/t14-,16-/m1/s1. The molecule has 0 unspecified atom stereocenters. The summed E-state index contributed by atoms with van der Waals surface area (Å²) in [5.41, 5.74) is 1.03. The first-order valence-corrected chi connectivity index (χ1v) is 7.89. The SMILES string of the molecule is C[C@@H](O)CN1CCN(C(=O)[C@@H](c2ccccc2)N(C)C)CC1. The lowest BCUT2D eigenvalue weighted by molar-refractivity contribution is -0.138. The molecule has 1 aromatic carbocycles. The maximum Gasteiger partial charge on any atom is 0.244 e. The molecule has 2 atom stereocenters. The lowest BCUT2D eigenvalue weighted by atomic mass is 10.0. The molecule has 1 heterocycles. The van der Waals surface area contributed by atoms with E-state index in [0.29, 0.717) is 6.54 Å². The van der Waals surface area contributed by atoms with Crippen molar-refractivity contribution in [1.82, 2.24) is 14.7 Å². The molecule has 1 aliphatic heterocycles. The summed E-state index contributed by atoms with van der Waals surface area (Å²) >= 11 is 0. The minimum atomic E-state index is -0.318. The number of hydrogen-bond donors (Lipinski definition) is 1. The van der Waals surface area contributed by atoms with Crippen molar-refractivity contribution in [1.29, 1.82) is 0 Å². The zero-order valence-corrected chi connectivity index (χ0v) is 13.8. The first-order chi connectivity index (χ1) is 10.5. The van der Waals surface area contributed by atoms with E-state index < -0.39 is 0 Å². The van der Waals surface area contributed by atoms with Gasteiger partial charge in [0.25, 0.3) is 0 Å². The Balaban J connectivity index is 2.01. The average Bonchev–Trinajstić information content (AvgIpc) is 2.48. The molecule has 2 rings (SSSR count). The number of nitrogens with zero attached hydrogens (tertiary/aromatic N) is 3. The van der Waals surface area contributed by atoms with E-state index in [1.165, 1.54) is 0 Å². The molecule has 0 aromatic heterocycles. The molecular weight excluding hydrogens is 278 g/mol. The summed E-state index contributed by atoms with van der Waals surface area (Å²) in [5, 5.41) is 9.46. The van der Waals surface area contributed by atoms with Crippen molar-refractivity contribution >= 4 is 5.91 Å². The average molecular weight is 305 g/mol. The molecule has 5 heteroatoms. The van der Waals surface area contributed by atoms with E-state index in [0.717, 1.165) is 31.7 Å². The number of benzene rings is 1. The summed E-state index contributed by atoms with van der Waals surface area (Å²) in [6.45, 7) is 5.58. The second kappa shape index (κ2) is 7.72. The normalized spacial score (nSPS) is 19.2. The second-order valence-electron chi connectivity index (χ2n) is 6.25. The summed E-state index contributed by atoms with van der Waals surface area (Å²) in [4.78, 5) is 19.0. The van der Waals surface area contributed by atoms with Gasteiger partial charge in [-0.05, 0) is 26.6 Å².